The summed E-state index contributed by atoms with van der Waals surface area (Å²) in [4.78, 5) is 4.11. The van der Waals surface area contributed by atoms with Crippen LogP contribution in [0.3, 0.4) is 0 Å². The van der Waals surface area contributed by atoms with Gasteiger partial charge in [0.2, 0.25) is 11.6 Å². The van der Waals surface area contributed by atoms with Crippen LogP contribution in [0.1, 0.15) is 11.5 Å². The number of benzene rings is 2. The molecule has 6 nitrogen and oxygen atoms in total. The SMILES string of the molecule is CNc1oc(-c2ccc(COc3ccc4ccccc4c3)o2)nc1C#N. The van der Waals surface area contributed by atoms with Crippen LogP contribution in [-0.4, -0.2) is 12.0 Å². The van der Waals surface area contributed by atoms with Crippen LogP contribution in [0.15, 0.2) is 63.4 Å². The highest BCUT2D eigenvalue weighted by Gasteiger charge is 2.16. The second-order valence-electron chi connectivity index (χ2n) is 5.62. The van der Waals surface area contributed by atoms with E-state index < -0.39 is 0 Å². The molecule has 1 N–H and O–H groups in total. The monoisotopic (exact) mass is 345 g/mol. The zero-order valence-corrected chi connectivity index (χ0v) is 14.0. The normalized spacial score (nSPS) is 10.6. The van der Waals surface area contributed by atoms with Gasteiger partial charge in [-0.2, -0.15) is 10.2 Å². The van der Waals surface area contributed by atoms with E-state index in [9.17, 15) is 0 Å². The molecule has 0 bridgehead atoms. The van der Waals surface area contributed by atoms with Gasteiger partial charge >= 0.3 is 0 Å². The Bertz CT molecular complexity index is 1100. The highest BCUT2D eigenvalue weighted by Crippen LogP contribution is 2.27. The van der Waals surface area contributed by atoms with Gasteiger partial charge in [-0.15, -0.1) is 0 Å². The van der Waals surface area contributed by atoms with E-state index in [1.807, 2.05) is 42.5 Å². The molecule has 0 aliphatic rings. The number of rotatable bonds is 5. The van der Waals surface area contributed by atoms with Gasteiger partial charge in [-0.1, -0.05) is 30.3 Å². The number of fused-ring (bicyclic) bond motifs is 1. The Balaban J connectivity index is 1.49. The summed E-state index contributed by atoms with van der Waals surface area (Å²) < 4.78 is 17.0. The molecule has 4 rings (SSSR count). The summed E-state index contributed by atoms with van der Waals surface area (Å²) in [5.41, 5.74) is 0.188. The molecule has 0 radical (unpaired) electrons. The number of nitrogens with zero attached hydrogens (tertiary/aromatic N) is 2. The van der Waals surface area contributed by atoms with Gasteiger partial charge in [-0.05, 0) is 35.0 Å². The second-order valence-corrected chi connectivity index (χ2v) is 5.62. The van der Waals surface area contributed by atoms with Gasteiger partial charge < -0.3 is 18.9 Å². The smallest absolute Gasteiger partial charge is 0.266 e. The van der Waals surface area contributed by atoms with Crippen molar-refractivity contribution in [2.45, 2.75) is 6.61 Å². The van der Waals surface area contributed by atoms with E-state index in [-0.39, 0.29) is 18.2 Å². The van der Waals surface area contributed by atoms with Gasteiger partial charge in [0.1, 0.15) is 24.2 Å². The maximum absolute atomic E-state index is 9.04. The molecule has 2 aromatic carbocycles. The molecule has 0 unspecified atom stereocenters. The lowest BCUT2D eigenvalue weighted by molar-refractivity contribution is 0.271. The summed E-state index contributed by atoms with van der Waals surface area (Å²) in [5.74, 6) is 2.41. The predicted octanol–water partition coefficient (Wildman–Crippen LogP) is 4.58. The number of aromatic nitrogens is 1. The van der Waals surface area contributed by atoms with Crippen molar-refractivity contribution < 1.29 is 13.6 Å². The maximum atomic E-state index is 9.04. The maximum Gasteiger partial charge on any atom is 0.266 e. The third-order valence-electron chi connectivity index (χ3n) is 3.93. The number of hydrogen-bond donors (Lipinski definition) is 1. The Morgan fingerprint density at radius 1 is 1.08 bits per heavy atom. The van der Waals surface area contributed by atoms with Crippen molar-refractivity contribution in [1.82, 2.24) is 4.98 Å². The lowest BCUT2D eigenvalue weighted by Gasteiger charge is -2.05. The van der Waals surface area contributed by atoms with E-state index in [2.05, 4.69) is 16.4 Å². The van der Waals surface area contributed by atoms with Gasteiger partial charge in [0.05, 0.1) is 0 Å². The molecule has 6 heteroatoms. The van der Waals surface area contributed by atoms with Gasteiger partial charge in [0.15, 0.2) is 5.76 Å². The van der Waals surface area contributed by atoms with Crippen molar-refractivity contribution in [3.05, 3.63) is 66.1 Å². The van der Waals surface area contributed by atoms with Gasteiger partial charge in [0.25, 0.3) is 5.89 Å². The number of oxazole rings is 1. The molecule has 0 spiro atoms. The first-order valence-corrected chi connectivity index (χ1v) is 8.06. The topological polar surface area (TPSA) is 84.2 Å². The van der Waals surface area contributed by atoms with Gasteiger partial charge in [-0.25, -0.2) is 0 Å². The fourth-order valence-corrected chi connectivity index (χ4v) is 2.65. The Morgan fingerprint density at radius 3 is 2.69 bits per heavy atom. The summed E-state index contributed by atoms with van der Waals surface area (Å²) in [7, 11) is 1.66. The van der Waals surface area contributed by atoms with Crippen molar-refractivity contribution in [1.29, 1.82) is 5.26 Å². The molecule has 0 atom stereocenters. The van der Waals surface area contributed by atoms with Crippen LogP contribution in [0.2, 0.25) is 0 Å². The average Bonchev–Trinajstić information content (AvgIpc) is 3.32. The molecule has 0 fully saturated rings. The zero-order chi connectivity index (χ0) is 17.9. The minimum Gasteiger partial charge on any atom is -0.486 e. The molecule has 0 amide bonds. The molecule has 0 aliphatic heterocycles. The van der Waals surface area contributed by atoms with Crippen molar-refractivity contribution in [3.63, 3.8) is 0 Å². The van der Waals surface area contributed by atoms with E-state index in [1.54, 1.807) is 19.2 Å². The number of nitriles is 1. The van der Waals surface area contributed by atoms with Gasteiger partial charge in [-0.3, -0.25) is 0 Å². The third kappa shape index (κ3) is 2.98. The largest absolute Gasteiger partial charge is 0.486 e. The van der Waals surface area contributed by atoms with Crippen LogP contribution in [0, 0.1) is 11.3 Å². The van der Waals surface area contributed by atoms with E-state index in [4.69, 9.17) is 18.8 Å². The minimum absolute atomic E-state index is 0.188. The molecule has 26 heavy (non-hydrogen) atoms. The molecule has 128 valence electrons. The molecule has 2 aromatic heterocycles. The lowest BCUT2D eigenvalue weighted by atomic mass is 10.1. The average molecular weight is 345 g/mol. The van der Waals surface area contributed by atoms with E-state index in [0.717, 1.165) is 16.5 Å². The van der Waals surface area contributed by atoms with E-state index in [0.29, 0.717) is 17.4 Å². The Morgan fingerprint density at radius 2 is 1.92 bits per heavy atom. The number of anilines is 1. The summed E-state index contributed by atoms with van der Waals surface area (Å²) in [5, 5.41) is 14.1. The van der Waals surface area contributed by atoms with Crippen LogP contribution < -0.4 is 10.1 Å². The number of furan rings is 1. The number of nitrogens with one attached hydrogen (secondary N) is 1. The second kappa shape index (κ2) is 6.65. The summed E-state index contributed by atoms with van der Waals surface area (Å²) in [6, 6.07) is 19.6. The van der Waals surface area contributed by atoms with Crippen LogP contribution in [-0.2, 0) is 6.61 Å². The molecule has 4 aromatic rings. The molecule has 2 heterocycles. The van der Waals surface area contributed by atoms with Crippen LogP contribution in [0.5, 0.6) is 5.75 Å². The summed E-state index contributed by atoms with van der Waals surface area (Å²) >= 11 is 0. The first kappa shape index (κ1) is 15.8. The van der Waals surface area contributed by atoms with E-state index in [1.165, 1.54) is 0 Å². The Kier molecular flexibility index (Phi) is 4.04. The fraction of sp³-hybridized carbons (Fsp3) is 0.100. The zero-order valence-electron chi connectivity index (χ0n) is 14.0. The number of hydrogen-bond acceptors (Lipinski definition) is 6. The predicted molar refractivity (Wildman–Crippen MR) is 96.7 cm³/mol. The number of ether oxygens (including phenoxy) is 1. The van der Waals surface area contributed by atoms with Crippen molar-refractivity contribution in [3.8, 4) is 23.5 Å². The molecular formula is C20H15N3O3. The highest BCUT2D eigenvalue weighted by molar-refractivity contribution is 5.83. The minimum atomic E-state index is 0.188. The highest BCUT2D eigenvalue weighted by atomic mass is 16.5. The molecular weight excluding hydrogens is 330 g/mol. The van der Waals surface area contributed by atoms with Crippen molar-refractivity contribution in [2.75, 3.05) is 12.4 Å². The lowest BCUT2D eigenvalue weighted by Crippen LogP contribution is -1.93. The first-order valence-electron chi connectivity index (χ1n) is 8.06. The van der Waals surface area contributed by atoms with Crippen LogP contribution in [0.4, 0.5) is 5.88 Å². The van der Waals surface area contributed by atoms with E-state index >= 15 is 0 Å². The molecule has 0 aliphatic carbocycles. The Labute approximate surface area is 149 Å². The third-order valence-corrected chi connectivity index (χ3v) is 3.93. The van der Waals surface area contributed by atoms with Crippen molar-refractivity contribution in [2.24, 2.45) is 0 Å². The first-order chi connectivity index (χ1) is 12.8. The van der Waals surface area contributed by atoms with Crippen molar-refractivity contribution >= 4 is 16.7 Å². The fourth-order valence-electron chi connectivity index (χ4n) is 2.65. The van der Waals surface area contributed by atoms with Crippen LogP contribution >= 0.6 is 0 Å². The summed E-state index contributed by atoms with van der Waals surface area (Å²) in [6.45, 7) is 0.281. The standard InChI is InChI=1S/C20H15N3O3/c1-22-19-17(11-21)23-20(26-19)18-9-8-16(25-18)12-24-15-7-6-13-4-2-3-5-14(13)10-15/h2-10,22H,12H2,1H3. The molecule has 0 saturated carbocycles. The summed E-state index contributed by atoms with van der Waals surface area (Å²) in [6.07, 6.45) is 0. The van der Waals surface area contributed by atoms with Crippen LogP contribution in [0.25, 0.3) is 22.4 Å². The Hall–Kier alpha value is -3.72. The quantitative estimate of drug-likeness (QED) is 0.570. The molecule has 0 saturated heterocycles. The van der Waals surface area contributed by atoms with Gasteiger partial charge in [0, 0.05) is 7.05 Å².